The normalized spacial score (nSPS) is 18.2. The summed E-state index contributed by atoms with van der Waals surface area (Å²) in [6.45, 7) is 2.49. The van der Waals surface area contributed by atoms with Gasteiger partial charge in [0.15, 0.2) is 5.78 Å². The van der Waals surface area contributed by atoms with Crippen LogP contribution < -0.4 is 4.74 Å². The zero-order valence-electron chi connectivity index (χ0n) is 15.7. The van der Waals surface area contributed by atoms with E-state index in [1.165, 1.54) is 38.1 Å². The van der Waals surface area contributed by atoms with E-state index in [-0.39, 0.29) is 35.9 Å². The van der Waals surface area contributed by atoms with Gasteiger partial charge < -0.3 is 19.7 Å². The Balaban J connectivity index is 1.94. The number of ketones is 1. The zero-order chi connectivity index (χ0) is 20.3. The van der Waals surface area contributed by atoms with Gasteiger partial charge in [-0.2, -0.15) is 0 Å². The summed E-state index contributed by atoms with van der Waals surface area (Å²) in [5, 5.41) is 20.7. The summed E-state index contributed by atoms with van der Waals surface area (Å²) in [6.07, 6.45) is 2.61. The molecule has 1 heterocycles. The number of hydrogen-bond donors (Lipinski definition) is 2. The molecule has 1 aliphatic rings. The summed E-state index contributed by atoms with van der Waals surface area (Å²) >= 11 is 0. The largest absolute Gasteiger partial charge is 0.507 e. The third-order valence-electron chi connectivity index (χ3n) is 4.45. The van der Waals surface area contributed by atoms with Crippen LogP contribution in [0.3, 0.4) is 0 Å². The van der Waals surface area contributed by atoms with Crippen molar-refractivity contribution >= 4 is 17.8 Å². The molecule has 1 aliphatic heterocycles. The van der Waals surface area contributed by atoms with Gasteiger partial charge in [-0.05, 0) is 36.8 Å². The smallest absolute Gasteiger partial charge is 0.302 e. The van der Waals surface area contributed by atoms with Gasteiger partial charge in [0.25, 0.3) is 0 Å². The average Bonchev–Trinajstić information content (AvgIpc) is 2.66. The van der Waals surface area contributed by atoms with Crippen molar-refractivity contribution in [3.63, 3.8) is 0 Å². The molecule has 0 aliphatic carbocycles. The Labute approximate surface area is 163 Å². The van der Waals surface area contributed by atoms with Crippen LogP contribution in [-0.2, 0) is 9.53 Å². The Morgan fingerprint density at radius 2 is 2.00 bits per heavy atom. The van der Waals surface area contributed by atoms with Crippen LogP contribution >= 0.6 is 0 Å². The predicted molar refractivity (Wildman–Crippen MR) is 103 cm³/mol. The second kappa shape index (κ2) is 7.86. The molecule has 0 fully saturated rings. The van der Waals surface area contributed by atoms with Crippen molar-refractivity contribution in [3.05, 3.63) is 65.2 Å². The van der Waals surface area contributed by atoms with Gasteiger partial charge in [0.1, 0.15) is 29.8 Å². The Morgan fingerprint density at radius 3 is 2.68 bits per heavy atom. The first kappa shape index (κ1) is 19.6. The molecule has 2 unspecified atom stereocenters. The maximum Gasteiger partial charge on any atom is 0.302 e. The molecule has 146 valence electrons. The maximum absolute atomic E-state index is 12.6. The van der Waals surface area contributed by atoms with Crippen LogP contribution in [0.25, 0.3) is 6.08 Å². The van der Waals surface area contributed by atoms with E-state index in [9.17, 15) is 19.8 Å². The second-order valence-electron chi connectivity index (χ2n) is 6.99. The standard InChI is InChI=1S/C22H22O6/c1-14(23)27-13-22(2,26)11-10-17-18(24)9-8-16-19(25)12-20(28-21(16)17)15-6-4-3-5-7-15/h3-11,20,24,26H,12-13H2,1-2H3. The number of carbonyl (C=O) groups excluding carboxylic acids is 2. The van der Waals surface area contributed by atoms with Crippen LogP contribution in [0.2, 0.25) is 0 Å². The number of aliphatic hydroxyl groups is 1. The van der Waals surface area contributed by atoms with Crippen LogP contribution in [0.5, 0.6) is 11.5 Å². The average molecular weight is 382 g/mol. The molecule has 0 amide bonds. The Bertz CT molecular complexity index is 914. The number of carbonyl (C=O) groups is 2. The van der Waals surface area contributed by atoms with E-state index in [1.54, 1.807) is 0 Å². The highest BCUT2D eigenvalue weighted by molar-refractivity contribution is 6.01. The van der Waals surface area contributed by atoms with Gasteiger partial charge in [0.05, 0.1) is 17.5 Å². The van der Waals surface area contributed by atoms with Gasteiger partial charge in [-0.1, -0.05) is 30.3 Å². The number of ether oxygens (including phenoxy) is 2. The molecule has 2 aromatic carbocycles. The SMILES string of the molecule is CC(=O)OCC(C)(O)C=Cc1c(O)ccc2c1OC(c1ccccc1)CC2=O. The third kappa shape index (κ3) is 4.40. The van der Waals surface area contributed by atoms with E-state index < -0.39 is 17.7 Å². The van der Waals surface area contributed by atoms with Gasteiger partial charge in [0.2, 0.25) is 0 Å². The second-order valence-corrected chi connectivity index (χ2v) is 6.99. The van der Waals surface area contributed by atoms with Crippen LogP contribution in [0, 0.1) is 0 Å². The highest BCUT2D eigenvalue weighted by Crippen LogP contribution is 2.41. The van der Waals surface area contributed by atoms with Crippen molar-refractivity contribution in [2.45, 2.75) is 32.0 Å². The van der Waals surface area contributed by atoms with Crippen LogP contribution in [0.1, 0.15) is 47.9 Å². The molecule has 6 heteroatoms. The summed E-state index contributed by atoms with van der Waals surface area (Å²) in [7, 11) is 0. The lowest BCUT2D eigenvalue weighted by molar-refractivity contribution is -0.145. The first-order chi connectivity index (χ1) is 13.3. The lowest BCUT2D eigenvalue weighted by atomic mass is 9.93. The molecule has 28 heavy (non-hydrogen) atoms. The fourth-order valence-electron chi connectivity index (χ4n) is 2.97. The van der Waals surface area contributed by atoms with Gasteiger partial charge >= 0.3 is 5.97 Å². The van der Waals surface area contributed by atoms with Gasteiger partial charge in [-0.3, -0.25) is 9.59 Å². The van der Waals surface area contributed by atoms with Crippen molar-refractivity contribution in [1.82, 2.24) is 0 Å². The summed E-state index contributed by atoms with van der Waals surface area (Å²) < 4.78 is 10.9. The number of phenolic OH excluding ortho intramolecular Hbond substituents is 1. The molecule has 2 atom stereocenters. The molecule has 0 radical (unpaired) electrons. The number of fused-ring (bicyclic) bond motifs is 1. The highest BCUT2D eigenvalue weighted by atomic mass is 16.5. The molecule has 6 nitrogen and oxygen atoms in total. The number of Topliss-reactive ketones (excluding diaryl/α,β-unsaturated/α-hetero) is 1. The Hall–Kier alpha value is -3.12. The fourth-order valence-corrected chi connectivity index (χ4v) is 2.97. The maximum atomic E-state index is 12.6. The van der Waals surface area contributed by atoms with Gasteiger partial charge in [-0.15, -0.1) is 0 Å². The fraction of sp³-hybridized carbons (Fsp3) is 0.273. The van der Waals surface area contributed by atoms with E-state index in [1.807, 2.05) is 30.3 Å². The van der Waals surface area contributed by atoms with Gasteiger partial charge in [-0.25, -0.2) is 0 Å². The molecule has 0 spiro atoms. The minimum atomic E-state index is -1.45. The molecular formula is C22H22O6. The Morgan fingerprint density at radius 1 is 1.29 bits per heavy atom. The van der Waals surface area contributed by atoms with Crippen molar-refractivity contribution in [3.8, 4) is 11.5 Å². The predicted octanol–water partition coefficient (Wildman–Crippen LogP) is 3.43. The van der Waals surface area contributed by atoms with Crippen molar-refractivity contribution < 1.29 is 29.3 Å². The number of phenols is 1. The van der Waals surface area contributed by atoms with E-state index >= 15 is 0 Å². The van der Waals surface area contributed by atoms with E-state index in [4.69, 9.17) is 9.47 Å². The molecule has 2 aromatic rings. The minimum absolute atomic E-state index is 0.0835. The van der Waals surface area contributed by atoms with E-state index in [0.29, 0.717) is 5.56 Å². The van der Waals surface area contributed by atoms with Crippen LogP contribution in [0.4, 0.5) is 0 Å². The first-order valence-corrected chi connectivity index (χ1v) is 8.92. The van der Waals surface area contributed by atoms with E-state index in [2.05, 4.69) is 0 Å². The number of rotatable bonds is 5. The van der Waals surface area contributed by atoms with Crippen LogP contribution in [-0.4, -0.2) is 34.2 Å². The quantitative estimate of drug-likeness (QED) is 0.770. The molecule has 0 saturated carbocycles. The summed E-state index contributed by atoms with van der Waals surface area (Å²) in [5.74, 6) is -0.408. The first-order valence-electron chi connectivity index (χ1n) is 8.92. The number of aromatic hydroxyl groups is 1. The minimum Gasteiger partial charge on any atom is -0.507 e. The Kier molecular flexibility index (Phi) is 5.51. The molecule has 2 N–H and O–H groups in total. The number of esters is 1. The van der Waals surface area contributed by atoms with Crippen molar-refractivity contribution in [1.29, 1.82) is 0 Å². The zero-order valence-corrected chi connectivity index (χ0v) is 15.7. The summed E-state index contributed by atoms with van der Waals surface area (Å²) in [4.78, 5) is 23.6. The third-order valence-corrected chi connectivity index (χ3v) is 4.45. The molecule has 0 aromatic heterocycles. The molecule has 3 rings (SSSR count). The summed E-state index contributed by atoms with van der Waals surface area (Å²) in [6, 6.07) is 12.3. The number of hydrogen-bond acceptors (Lipinski definition) is 6. The van der Waals surface area contributed by atoms with E-state index in [0.717, 1.165) is 5.56 Å². The molecular weight excluding hydrogens is 360 g/mol. The number of benzene rings is 2. The highest BCUT2D eigenvalue weighted by Gasteiger charge is 2.30. The summed E-state index contributed by atoms with van der Waals surface area (Å²) in [5.41, 5.74) is 0.0821. The topological polar surface area (TPSA) is 93.1 Å². The van der Waals surface area contributed by atoms with Crippen LogP contribution in [0.15, 0.2) is 48.5 Å². The van der Waals surface area contributed by atoms with Gasteiger partial charge in [0, 0.05) is 6.92 Å². The molecule has 0 saturated heterocycles. The van der Waals surface area contributed by atoms with Crippen molar-refractivity contribution in [2.75, 3.05) is 6.61 Å². The lowest BCUT2D eigenvalue weighted by Crippen LogP contribution is -2.29. The lowest BCUT2D eigenvalue weighted by Gasteiger charge is -2.27. The van der Waals surface area contributed by atoms with Crippen molar-refractivity contribution in [2.24, 2.45) is 0 Å². The monoisotopic (exact) mass is 382 g/mol. The molecule has 0 bridgehead atoms.